The minimum atomic E-state index is -4.94. The van der Waals surface area contributed by atoms with Crippen molar-refractivity contribution in [3.63, 3.8) is 0 Å². The first-order chi connectivity index (χ1) is 28.0. The SMILES string of the molecule is O=S(=O)(O)c1cccc(Nc2nc(Cl)nc(Nc3ccc(C=Cc4ccc(Nc5nc(Cl)nc(Nc6cccc(S(=O)(=O)O)c6)n5)cc4S(=O)(=O)O)c(S(=O)(=O)O)c3)n2)c1.[K]. The molecule has 8 N–H and O–H groups in total. The molecule has 1 radical (unpaired) electrons. The van der Waals surface area contributed by atoms with Crippen molar-refractivity contribution in [3.05, 3.63) is 107 Å². The van der Waals surface area contributed by atoms with Crippen molar-refractivity contribution in [1.82, 2.24) is 29.9 Å². The van der Waals surface area contributed by atoms with Gasteiger partial charge in [0.15, 0.2) is 0 Å². The minimum Gasteiger partial charge on any atom is -0.324 e. The largest absolute Gasteiger partial charge is 0.324 e. The molecule has 0 saturated carbocycles. The van der Waals surface area contributed by atoms with Crippen LogP contribution in [0.1, 0.15) is 11.1 Å². The van der Waals surface area contributed by atoms with E-state index in [9.17, 15) is 51.9 Å². The van der Waals surface area contributed by atoms with Crippen LogP contribution >= 0.6 is 23.2 Å². The maximum atomic E-state index is 12.5. The molecule has 6 rings (SSSR count). The van der Waals surface area contributed by atoms with E-state index in [0.29, 0.717) is 0 Å². The van der Waals surface area contributed by atoms with Crippen molar-refractivity contribution < 1.29 is 51.9 Å². The van der Waals surface area contributed by atoms with Crippen LogP contribution in [0.5, 0.6) is 0 Å². The van der Waals surface area contributed by atoms with Crippen LogP contribution in [0.4, 0.5) is 46.5 Å². The van der Waals surface area contributed by atoms with Crippen molar-refractivity contribution in [3.8, 4) is 0 Å². The summed E-state index contributed by atoms with van der Waals surface area (Å²) in [6, 6.07) is 17.2. The Morgan fingerprint density at radius 1 is 0.426 bits per heavy atom. The molecule has 0 atom stereocenters. The van der Waals surface area contributed by atoms with Crippen LogP contribution in [-0.2, 0) is 40.5 Å². The molecule has 0 fully saturated rings. The molecule has 29 heteroatoms. The van der Waals surface area contributed by atoms with Gasteiger partial charge < -0.3 is 21.3 Å². The number of anilines is 8. The summed E-state index contributed by atoms with van der Waals surface area (Å²) in [7, 11) is -18.9. The van der Waals surface area contributed by atoms with E-state index in [1.165, 1.54) is 48.5 Å². The van der Waals surface area contributed by atoms with E-state index >= 15 is 0 Å². The number of aromatic nitrogens is 6. The Hall–Kier alpha value is -4.30. The van der Waals surface area contributed by atoms with Gasteiger partial charge in [0.25, 0.3) is 40.5 Å². The molecular weight excluding hydrogens is 955 g/mol. The third kappa shape index (κ3) is 13.1. The summed E-state index contributed by atoms with van der Waals surface area (Å²) < 4.78 is 135. The predicted octanol–water partition coefficient (Wildman–Crippen LogP) is 5.11. The van der Waals surface area contributed by atoms with Crippen LogP contribution in [0.25, 0.3) is 12.2 Å². The number of rotatable bonds is 14. The summed E-state index contributed by atoms with van der Waals surface area (Å²) in [5.74, 6) is -0.818. The van der Waals surface area contributed by atoms with Gasteiger partial charge in [0.05, 0.1) is 9.79 Å². The maximum Gasteiger partial charge on any atom is 0.295 e. The van der Waals surface area contributed by atoms with Crippen LogP contribution in [0.2, 0.25) is 10.6 Å². The quantitative estimate of drug-likeness (QED) is 0.0399. The van der Waals surface area contributed by atoms with Gasteiger partial charge in [-0.15, -0.1) is 0 Å². The molecule has 0 aliphatic carbocycles. The molecule has 313 valence electrons. The van der Waals surface area contributed by atoms with Gasteiger partial charge in [-0.05, 0) is 95.0 Å². The summed E-state index contributed by atoms with van der Waals surface area (Å²) >= 11 is 12.1. The second kappa shape index (κ2) is 19.0. The van der Waals surface area contributed by atoms with Gasteiger partial charge in [-0.2, -0.15) is 63.6 Å². The number of halogens is 2. The molecule has 22 nitrogen and oxygen atoms in total. The van der Waals surface area contributed by atoms with Crippen molar-refractivity contribution in [2.24, 2.45) is 0 Å². The second-order valence-corrected chi connectivity index (χ2v) is 18.1. The molecular formula is C32H24Cl2KN10O12S4. The molecule has 0 aliphatic rings. The molecule has 0 amide bonds. The normalized spacial score (nSPS) is 12.1. The first-order valence-electron chi connectivity index (χ1n) is 16.0. The van der Waals surface area contributed by atoms with E-state index in [1.807, 2.05) is 0 Å². The van der Waals surface area contributed by atoms with Gasteiger partial charge in [0.1, 0.15) is 9.79 Å². The molecule has 0 saturated heterocycles. The Bertz CT molecular complexity index is 2960. The Morgan fingerprint density at radius 2 is 0.738 bits per heavy atom. The first-order valence-corrected chi connectivity index (χ1v) is 22.5. The summed E-state index contributed by atoms with van der Waals surface area (Å²) in [5, 5.41) is 10.1. The standard InChI is InChI=1S/C32H24Cl2N10O12S4.K/c33-27-39-29(35-19-3-1-5-23(13-19)57(45,46)47)43-31(41-27)37-21-11-9-17(25(15-21)59(51,52)53)7-8-18-10-12-22(16-26(18)60(54,55)56)38-32-42-28(34)40-30(44-32)36-20-4-2-6-24(14-20)58(48,49)50;/h1-16H,(H,45,46,47)(H,48,49,50)(H,51,52,53)(H,54,55,56)(H2,35,37,39,41,43)(H2,36,38,40,42,44);. The first kappa shape index (κ1) is 47.7. The van der Waals surface area contributed by atoms with Crippen LogP contribution in [0.15, 0.2) is 105 Å². The van der Waals surface area contributed by atoms with E-state index in [0.717, 1.165) is 48.6 Å². The van der Waals surface area contributed by atoms with E-state index in [-0.39, 0.29) is 120 Å². The Kier molecular flexibility index (Phi) is 14.9. The van der Waals surface area contributed by atoms with E-state index in [4.69, 9.17) is 23.2 Å². The van der Waals surface area contributed by atoms with Gasteiger partial charge in [-0.3, -0.25) is 18.2 Å². The topological polar surface area (TPSA) is 343 Å². The Morgan fingerprint density at radius 3 is 1.03 bits per heavy atom. The minimum absolute atomic E-state index is 0. The monoisotopic (exact) mass is 977 g/mol. The number of benzene rings is 4. The molecule has 4 aromatic carbocycles. The van der Waals surface area contributed by atoms with Crippen molar-refractivity contribution in [2.75, 3.05) is 21.3 Å². The van der Waals surface area contributed by atoms with Gasteiger partial charge in [-0.1, -0.05) is 36.4 Å². The average molecular weight is 979 g/mol. The van der Waals surface area contributed by atoms with E-state index in [1.54, 1.807) is 0 Å². The fourth-order valence-electron chi connectivity index (χ4n) is 5.03. The number of hydrogen-bond donors (Lipinski definition) is 8. The van der Waals surface area contributed by atoms with Crippen LogP contribution in [0, 0.1) is 0 Å². The average Bonchev–Trinajstić information content (AvgIpc) is 3.13. The molecule has 0 unspecified atom stereocenters. The van der Waals surface area contributed by atoms with Crippen LogP contribution in [-0.4, -0.2) is 133 Å². The van der Waals surface area contributed by atoms with Crippen molar-refractivity contribution in [2.45, 2.75) is 19.6 Å². The van der Waals surface area contributed by atoms with Gasteiger partial charge in [0.2, 0.25) is 34.4 Å². The van der Waals surface area contributed by atoms with Crippen LogP contribution < -0.4 is 21.3 Å². The molecule has 0 spiro atoms. The smallest absolute Gasteiger partial charge is 0.295 e. The predicted molar refractivity (Wildman–Crippen MR) is 223 cm³/mol. The second-order valence-electron chi connectivity index (χ2n) is 11.8. The number of nitrogens with zero attached hydrogens (tertiary/aromatic N) is 6. The summed E-state index contributed by atoms with van der Waals surface area (Å²) in [6.45, 7) is 0. The fraction of sp³-hybridized carbons (Fsp3) is 0. The summed E-state index contributed by atoms with van der Waals surface area (Å²) in [5.41, 5.74) is 0.0456. The van der Waals surface area contributed by atoms with E-state index in [2.05, 4.69) is 51.2 Å². The van der Waals surface area contributed by atoms with Gasteiger partial charge >= 0.3 is 0 Å². The van der Waals surface area contributed by atoms with Crippen molar-refractivity contribution >= 4 is 174 Å². The Labute approximate surface area is 398 Å². The molecule has 0 bridgehead atoms. The van der Waals surface area contributed by atoms with E-state index < -0.39 is 60.1 Å². The molecule has 2 heterocycles. The van der Waals surface area contributed by atoms with Gasteiger partial charge in [0, 0.05) is 74.1 Å². The number of nitrogens with one attached hydrogen (secondary N) is 4. The third-order valence-corrected chi connectivity index (χ3v) is 11.4. The summed E-state index contributed by atoms with van der Waals surface area (Å²) in [4.78, 5) is 21.7. The fourth-order valence-corrected chi connectivity index (χ4v) is 7.83. The molecule has 0 aliphatic heterocycles. The molecule has 2 aromatic heterocycles. The Balaban J connectivity index is 0.00000704. The van der Waals surface area contributed by atoms with Crippen LogP contribution in [0.3, 0.4) is 0 Å². The van der Waals surface area contributed by atoms with Crippen molar-refractivity contribution in [1.29, 1.82) is 0 Å². The molecule has 61 heavy (non-hydrogen) atoms. The zero-order chi connectivity index (χ0) is 43.6. The third-order valence-electron chi connectivity index (χ3n) is 7.53. The van der Waals surface area contributed by atoms with Gasteiger partial charge in [-0.25, -0.2) is 0 Å². The molecule has 6 aromatic rings. The number of hydrogen-bond acceptors (Lipinski definition) is 18. The summed E-state index contributed by atoms with van der Waals surface area (Å²) in [6.07, 6.45) is 2.29. The zero-order valence-electron chi connectivity index (χ0n) is 30.4. The zero-order valence-corrected chi connectivity index (χ0v) is 38.3. The maximum absolute atomic E-state index is 12.5.